The second-order valence-corrected chi connectivity index (χ2v) is 5.05. The number of hydrogen-bond donors (Lipinski definition) is 1. The third-order valence-electron chi connectivity index (χ3n) is 3.21. The first-order valence-electron chi connectivity index (χ1n) is 7.14. The van der Waals surface area contributed by atoms with Crippen LogP contribution in [0.2, 0.25) is 0 Å². The maximum absolute atomic E-state index is 12.4. The second-order valence-electron chi connectivity index (χ2n) is 5.05. The first kappa shape index (κ1) is 23.2. The summed E-state index contributed by atoms with van der Waals surface area (Å²) in [6.45, 7) is -2.07. The molecule has 1 N–H and O–H groups in total. The molecule has 1 aromatic carbocycles. The van der Waals surface area contributed by atoms with Gasteiger partial charge in [-0.1, -0.05) is 0 Å². The summed E-state index contributed by atoms with van der Waals surface area (Å²) in [5, 5.41) is 8.76. The van der Waals surface area contributed by atoms with E-state index >= 15 is 0 Å². The van der Waals surface area contributed by atoms with Crippen LogP contribution in [0.15, 0.2) is 24.3 Å². The van der Waals surface area contributed by atoms with Crippen molar-refractivity contribution in [2.45, 2.75) is 18.0 Å². The van der Waals surface area contributed by atoms with Crippen molar-refractivity contribution in [2.24, 2.45) is 0 Å². The third-order valence-corrected chi connectivity index (χ3v) is 3.21. The highest BCUT2D eigenvalue weighted by atomic mass is 19.4. The lowest BCUT2D eigenvalue weighted by atomic mass is 10.0. The molecule has 1 aromatic rings. The minimum absolute atomic E-state index is 0.103. The van der Waals surface area contributed by atoms with Crippen molar-refractivity contribution < 1.29 is 60.0 Å². The molecule has 0 spiro atoms. The average molecular weight is 418 g/mol. The smallest absolute Gasteiger partial charge is 0.437 e. The molecular formula is C15H12F6O7. The fourth-order valence-electron chi connectivity index (χ4n) is 1.71. The molecule has 156 valence electrons. The van der Waals surface area contributed by atoms with E-state index in [1.54, 1.807) is 0 Å². The predicted molar refractivity (Wildman–Crippen MR) is 76.1 cm³/mol. The minimum atomic E-state index is -6.37. The second kappa shape index (κ2) is 8.46. The van der Waals surface area contributed by atoms with Gasteiger partial charge in [-0.3, -0.25) is 0 Å². The van der Waals surface area contributed by atoms with E-state index in [4.69, 9.17) is 5.11 Å². The van der Waals surface area contributed by atoms with Crippen LogP contribution in [0.5, 0.6) is 0 Å². The molecule has 0 radical (unpaired) electrons. The van der Waals surface area contributed by atoms with Crippen molar-refractivity contribution in [1.82, 2.24) is 0 Å². The Labute approximate surface area is 152 Å². The average Bonchev–Trinajstić information content (AvgIpc) is 2.61. The zero-order valence-electron chi connectivity index (χ0n) is 13.9. The van der Waals surface area contributed by atoms with Crippen LogP contribution >= 0.6 is 0 Å². The molecule has 0 aliphatic carbocycles. The lowest BCUT2D eigenvalue weighted by Gasteiger charge is -2.29. The summed E-state index contributed by atoms with van der Waals surface area (Å²) in [4.78, 5) is 34.0. The van der Waals surface area contributed by atoms with E-state index in [1.165, 1.54) is 12.1 Å². The van der Waals surface area contributed by atoms with Gasteiger partial charge in [0.15, 0.2) is 0 Å². The van der Waals surface area contributed by atoms with Gasteiger partial charge in [-0.15, -0.1) is 0 Å². The number of carbonyl (C=O) groups is 3. The van der Waals surface area contributed by atoms with Crippen molar-refractivity contribution >= 4 is 17.9 Å². The standard InChI is InChI=1S/C15H12F6O7/c1-26-10(22)8-2-4-9(5-3-8)11(23)27-6-7-28-12(24)13(25,14(16,17)18)15(19,20)21/h2-5,25H,6-7H2,1H3. The predicted octanol–water partition coefficient (Wildman–Crippen LogP) is 2.03. The number of hydrogen-bond acceptors (Lipinski definition) is 7. The van der Waals surface area contributed by atoms with Gasteiger partial charge in [-0.2, -0.15) is 26.3 Å². The summed E-state index contributed by atoms with van der Waals surface area (Å²) < 4.78 is 87.3. The number of benzene rings is 1. The van der Waals surface area contributed by atoms with Crippen LogP contribution in [0.3, 0.4) is 0 Å². The van der Waals surface area contributed by atoms with Gasteiger partial charge in [-0.25, -0.2) is 14.4 Å². The van der Waals surface area contributed by atoms with Gasteiger partial charge in [-0.05, 0) is 24.3 Å². The van der Waals surface area contributed by atoms with Crippen LogP contribution in [-0.2, 0) is 19.0 Å². The monoisotopic (exact) mass is 418 g/mol. The lowest BCUT2D eigenvalue weighted by Crippen LogP contribution is -2.63. The van der Waals surface area contributed by atoms with Crippen LogP contribution in [-0.4, -0.2) is 61.3 Å². The SMILES string of the molecule is COC(=O)c1ccc(C(=O)OCCOC(=O)C(O)(C(F)(F)F)C(F)(F)F)cc1. The summed E-state index contributed by atoms with van der Waals surface area (Å²) in [5.74, 6) is -4.76. The quantitative estimate of drug-likeness (QED) is 0.327. The molecule has 0 aliphatic rings. The first-order chi connectivity index (χ1) is 12.8. The number of carbonyl (C=O) groups excluding carboxylic acids is 3. The van der Waals surface area contributed by atoms with Crippen molar-refractivity contribution in [3.05, 3.63) is 35.4 Å². The van der Waals surface area contributed by atoms with Crippen LogP contribution in [0.4, 0.5) is 26.3 Å². The molecule has 0 aromatic heterocycles. The Kier molecular flexibility index (Phi) is 7.01. The van der Waals surface area contributed by atoms with Crippen molar-refractivity contribution in [1.29, 1.82) is 0 Å². The molecule has 0 saturated carbocycles. The Balaban J connectivity index is 2.63. The Bertz CT molecular complexity index is 710. The van der Waals surface area contributed by atoms with Crippen LogP contribution in [0.1, 0.15) is 20.7 Å². The van der Waals surface area contributed by atoms with Crippen molar-refractivity contribution in [3.63, 3.8) is 0 Å². The first-order valence-corrected chi connectivity index (χ1v) is 7.14. The van der Waals surface area contributed by atoms with E-state index < -0.39 is 49.1 Å². The van der Waals surface area contributed by atoms with Crippen molar-refractivity contribution in [3.8, 4) is 0 Å². The largest absolute Gasteiger partial charge is 0.465 e. The van der Waals surface area contributed by atoms with Gasteiger partial charge < -0.3 is 19.3 Å². The van der Waals surface area contributed by atoms with E-state index in [-0.39, 0.29) is 11.1 Å². The van der Waals surface area contributed by atoms with Crippen LogP contribution in [0, 0.1) is 0 Å². The van der Waals surface area contributed by atoms with Gasteiger partial charge in [0, 0.05) is 0 Å². The number of esters is 3. The molecule has 0 aliphatic heterocycles. The topological polar surface area (TPSA) is 99.1 Å². The maximum atomic E-state index is 12.4. The van der Waals surface area contributed by atoms with E-state index in [9.17, 15) is 40.7 Å². The summed E-state index contributed by atoms with van der Waals surface area (Å²) in [5.41, 5.74) is -5.72. The van der Waals surface area contributed by atoms with Gasteiger partial charge >= 0.3 is 35.9 Å². The third kappa shape index (κ3) is 4.91. The van der Waals surface area contributed by atoms with Crippen LogP contribution < -0.4 is 0 Å². The van der Waals surface area contributed by atoms with Gasteiger partial charge in [0.25, 0.3) is 0 Å². The molecule has 0 unspecified atom stereocenters. The molecule has 0 amide bonds. The molecule has 13 heteroatoms. The van der Waals surface area contributed by atoms with E-state index in [2.05, 4.69) is 14.2 Å². The fraction of sp³-hybridized carbons (Fsp3) is 0.400. The van der Waals surface area contributed by atoms with Crippen LogP contribution in [0.25, 0.3) is 0 Å². The van der Waals surface area contributed by atoms with E-state index in [0.29, 0.717) is 0 Å². The highest BCUT2D eigenvalue weighted by molar-refractivity contribution is 5.93. The molecule has 28 heavy (non-hydrogen) atoms. The van der Waals surface area contributed by atoms with Gasteiger partial charge in [0.1, 0.15) is 13.2 Å². The Morgan fingerprint density at radius 3 is 1.61 bits per heavy atom. The molecule has 0 heterocycles. The molecule has 7 nitrogen and oxygen atoms in total. The van der Waals surface area contributed by atoms with E-state index in [1.807, 2.05) is 0 Å². The lowest BCUT2D eigenvalue weighted by molar-refractivity contribution is -0.357. The minimum Gasteiger partial charge on any atom is -0.465 e. The summed E-state index contributed by atoms with van der Waals surface area (Å²) in [6, 6.07) is 4.70. The molecule has 0 fully saturated rings. The fourth-order valence-corrected chi connectivity index (χ4v) is 1.71. The van der Waals surface area contributed by atoms with Gasteiger partial charge in [0.2, 0.25) is 0 Å². The molecule has 0 atom stereocenters. The Morgan fingerprint density at radius 2 is 1.21 bits per heavy atom. The number of methoxy groups -OCH3 is 1. The molecule has 0 bridgehead atoms. The van der Waals surface area contributed by atoms with E-state index in [0.717, 1.165) is 19.2 Å². The van der Waals surface area contributed by atoms with Gasteiger partial charge in [0.05, 0.1) is 18.2 Å². The zero-order chi connectivity index (χ0) is 21.8. The Morgan fingerprint density at radius 1 is 0.821 bits per heavy atom. The summed E-state index contributed by atoms with van der Waals surface area (Å²) in [6.07, 6.45) is -12.7. The summed E-state index contributed by atoms with van der Waals surface area (Å²) >= 11 is 0. The number of aliphatic hydroxyl groups is 1. The summed E-state index contributed by atoms with van der Waals surface area (Å²) in [7, 11) is 1.13. The molecule has 1 rings (SSSR count). The molecular weight excluding hydrogens is 406 g/mol. The normalized spacial score (nSPS) is 12.3. The number of alkyl halides is 6. The number of rotatable bonds is 6. The molecule has 0 saturated heterocycles. The highest BCUT2D eigenvalue weighted by Crippen LogP contribution is 2.43. The Hall–Kier alpha value is -2.83. The van der Waals surface area contributed by atoms with Crippen molar-refractivity contribution in [2.75, 3.05) is 20.3 Å². The number of halogens is 6. The zero-order valence-corrected chi connectivity index (χ0v) is 13.9. The highest BCUT2D eigenvalue weighted by Gasteiger charge is 2.76. The maximum Gasteiger partial charge on any atom is 0.437 e. The number of ether oxygens (including phenoxy) is 3.